The zero-order valence-corrected chi connectivity index (χ0v) is 12.2. The molecule has 3 rings (SSSR count). The number of hydrogen-bond donors (Lipinski definition) is 1. The van der Waals surface area contributed by atoms with Crippen molar-refractivity contribution in [2.45, 2.75) is 38.6 Å². The van der Waals surface area contributed by atoms with E-state index in [9.17, 15) is 9.59 Å². The van der Waals surface area contributed by atoms with Gasteiger partial charge >= 0.3 is 12.0 Å². The molecule has 1 N–H and O–H groups in total. The summed E-state index contributed by atoms with van der Waals surface area (Å²) in [7, 11) is 0. The molecule has 1 aromatic carbocycles. The molecule has 0 radical (unpaired) electrons. The number of carboxylic acids is 1. The maximum atomic E-state index is 12.7. The van der Waals surface area contributed by atoms with E-state index in [2.05, 4.69) is 6.92 Å². The summed E-state index contributed by atoms with van der Waals surface area (Å²) in [5.74, 6) is -0.923. The lowest BCUT2D eigenvalue weighted by molar-refractivity contribution is 0.0697. The van der Waals surface area contributed by atoms with Gasteiger partial charge in [-0.3, -0.25) is 4.90 Å². The first kappa shape index (κ1) is 13.9. The van der Waals surface area contributed by atoms with Gasteiger partial charge in [-0.25, -0.2) is 9.59 Å². The molecule has 21 heavy (non-hydrogen) atoms. The fraction of sp³-hybridized carbons (Fsp3) is 0.500. The van der Waals surface area contributed by atoms with Gasteiger partial charge in [-0.15, -0.1) is 0 Å². The molecular formula is C16H20N2O3. The first-order valence-electron chi connectivity index (χ1n) is 7.56. The van der Waals surface area contributed by atoms with Gasteiger partial charge in [0.1, 0.15) is 0 Å². The lowest BCUT2D eigenvalue weighted by Gasteiger charge is -2.29. The zero-order chi connectivity index (χ0) is 15.0. The number of fused-ring (bicyclic) bond motifs is 1. The maximum Gasteiger partial charge on any atom is 0.335 e. The van der Waals surface area contributed by atoms with E-state index in [1.807, 2.05) is 4.90 Å². The summed E-state index contributed by atoms with van der Waals surface area (Å²) in [4.78, 5) is 27.5. The summed E-state index contributed by atoms with van der Waals surface area (Å²) in [5.41, 5.74) is 2.11. The van der Waals surface area contributed by atoms with Crippen molar-refractivity contribution in [1.29, 1.82) is 0 Å². The first-order valence-corrected chi connectivity index (χ1v) is 7.56. The van der Waals surface area contributed by atoms with Crippen LogP contribution < -0.4 is 4.90 Å². The summed E-state index contributed by atoms with van der Waals surface area (Å²) >= 11 is 0. The van der Waals surface area contributed by atoms with Crippen molar-refractivity contribution in [2.75, 3.05) is 18.0 Å². The van der Waals surface area contributed by atoms with Crippen LogP contribution in [-0.2, 0) is 6.42 Å². The Morgan fingerprint density at radius 3 is 2.86 bits per heavy atom. The number of anilines is 1. The van der Waals surface area contributed by atoms with E-state index in [1.54, 1.807) is 23.1 Å². The Balaban J connectivity index is 1.84. The molecule has 2 heterocycles. The average molecular weight is 288 g/mol. The Kier molecular flexibility index (Phi) is 3.57. The van der Waals surface area contributed by atoms with Gasteiger partial charge in [-0.05, 0) is 49.4 Å². The number of benzene rings is 1. The molecule has 112 valence electrons. The minimum Gasteiger partial charge on any atom is -0.478 e. The Morgan fingerprint density at radius 1 is 1.33 bits per heavy atom. The standard InChI is InChI=1S/C16H20N2O3/c1-2-13-4-3-8-17(13)16(21)18-9-7-11-10-12(15(19)20)5-6-14(11)18/h5-6,10,13H,2-4,7-9H2,1H3,(H,19,20). The van der Waals surface area contributed by atoms with E-state index in [0.29, 0.717) is 12.6 Å². The highest BCUT2D eigenvalue weighted by Gasteiger charge is 2.34. The van der Waals surface area contributed by atoms with Crippen LogP contribution in [0.4, 0.5) is 10.5 Å². The highest BCUT2D eigenvalue weighted by atomic mass is 16.4. The molecule has 5 nitrogen and oxygen atoms in total. The third-order valence-corrected chi connectivity index (χ3v) is 4.55. The van der Waals surface area contributed by atoms with Crippen LogP contribution >= 0.6 is 0 Å². The second-order valence-corrected chi connectivity index (χ2v) is 5.73. The summed E-state index contributed by atoms with van der Waals surface area (Å²) < 4.78 is 0. The number of urea groups is 1. The number of likely N-dealkylation sites (tertiary alicyclic amines) is 1. The Bertz CT molecular complexity index is 585. The van der Waals surface area contributed by atoms with Gasteiger partial charge < -0.3 is 10.0 Å². The summed E-state index contributed by atoms with van der Waals surface area (Å²) in [6.07, 6.45) is 3.88. The number of aromatic carboxylic acids is 1. The van der Waals surface area contributed by atoms with Crippen molar-refractivity contribution >= 4 is 17.7 Å². The second kappa shape index (κ2) is 5.39. The van der Waals surface area contributed by atoms with E-state index in [1.165, 1.54) is 0 Å². The van der Waals surface area contributed by atoms with Crippen molar-refractivity contribution in [2.24, 2.45) is 0 Å². The lowest BCUT2D eigenvalue weighted by Crippen LogP contribution is -2.44. The number of carbonyl (C=O) groups excluding carboxylic acids is 1. The molecule has 0 aliphatic carbocycles. The van der Waals surface area contributed by atoms with Crippen LogP contribution in [0, 0.1) is 0 Å². The highest BCUT2D eigenvalue weighted by Crippen LogP contribution is 2.31. The second-order valence-electron chi connectivity index (χ2n) is 5.73. The predicted molar refractivity (Wildman–Crippen MR) is 79.9 cm³/mol. The molecule has 0 aromatic heterocycles. The van der Waals surface area contributed by atoms with Crippen molar-refractivity contribution in [3.63, 3.8) is 0 Å². The summed E-state index contributed by atoms with van der Waals surface area (Å²) in [5, 5.41) is 9.04. The molecule has 1 atom stereocenters. The predicted octanol–water partition coefficient (Wildman–Crippen LogP) is 2.74. The van der Waals surface area contributed by atoms with Crippen LogP contribution in [0.25, 0.3) is 0 Å². The third-order valence-electron chi connectivity index (χ3n) is 4.55. The van der Waals surface area contributed by atoms with Gasteiger partial charge in [0.2, 0.25) is 0 Å². The van der Waals surface area contributed by atoms with Crippen LogP contribution in [0.3, 0.4) is 0 Å². The topological polar surface area (TPSA) is 60.9 Å². The molecule has 1 saturated heterocycles. The normalized spacial score (nSPS) is 20.7. The molecule has 0 saturated carbocycles. The van der Waals surface area contributed by atoms with Crippen LogP contribution in [0.15, 0.2) is 18.2 Å². The largest absolute Gasteiger partial charge is 0.478 e. The van der Waals surface area contributed by atoms with Crippen LogP contribution in [0.5, 0.6) is 0 Å². The number of carbonyl (C=O) groups is 2. The molecular weight excluding hydrogens is 268 g/mol. The van der Waals surface area contributed by atoms with Crippen molar-refractivity contribution in [1.82, 2.24) is 4.90 Å². The van der Waals surface area contributed by atoms with Crippen molar-refractivity contribution in [3.8, 4) is 0 Å². The molecule has 1 aromatic rings. The third kappa shape index (κ3) is 2.37. The van der Waals surface area contributed by atoms with Crippen LogP contribution in [-0.4, -0.2) is 41.1 Å². The molecule has 0 bridgehead atoms. The Hall–Kier alpha value is -2.04. The lowest BCUT2D eigenvalue weighted by atomic mass is 10.1. The van der Waals surface area contributed by atoms with Crippen molar-refractivity contribution < 1.29 is 14.7 Å². The molecule has 2 aliphatic heterocycles. The highest BCUT2D eigenvalue weighted by molar-refractivity contribution is 5.96. The first-order chi connectivity index (χ1) is 10.1. The molecule has 1 fully saturated rings. The maximum absolute atomic E-state index is 12.7. The van der Waals surface area contributed by atoms with Gasteiger partial charge in [-0.1, -0.05) is 6.92 Å². The van der Waals surface area contributed by atoms with Crippen molar-refractivity contribution in [3.05, 3.63) is 29.3 Å². The Morgan fingerprint density at radius 2 is 2.14 bits per heavy atom. The molecule has 5 heteroatoms. The van der Waals surface area contributed by atoms with E-state index >= 15 is 0 Å². The minimum absolute atomic E-state index is 0.0705. The van der Waals surface area contributed by atoms with E-state index in [4.69, 9.17) is 5.11 Å². The average Bonchev–Trinajstić information content (AvgIpc) is 3.12. The molecule has 0 spiro atoms. The van der Waals surface area contributed by atoms with Crippen LogP contribution in [0.1, 0.15) is 42.1 Å². The fourth-order valence-corrected chi connectivity index (χ4v) is 3.40. The van der Waals surface area contributed by atoms with E-state index < -0.39 is 5.97 Å². The smallest absolute Gasteiger partial charge is 0.335 e. The molecule has 2 aliphatic rings. The van der Waals surface area contributed by atoms with Gasteiger partial charge in [0.25, 0.3) is 0 Å². The van der Waals surface area contributed by atoms with Crippen LogP contribution in [0.2, 0.25) is 0 Å². The number of amides is 2. The zero-order valence-electron chi connectivity index (χ0n) is 12.2. The van der Waals surface area contributed by atoms with E-state index in [-0.39, 0.29) is 11.6 Å². The monoisotopic (exact) mass is 288 g/mol. The van der Waals surface area contributed by atoms with Gasteiger partial charge in [0.15, 0.2) is 0 Å². The minimum atomic E-state index is -0.923. The van der Waals surface area contributed by atoms with Gasteiger partial charge in [0, 0.05) is 24.8 Å². The number of hydrogen-bond acceptors (Lipinski definition) is 2. The molecule has 1 unspecified atom stereocenters. The van der Waals surface area contributed by atoms with Gasteiger partial charge in [0.05, 0.1) is 5.56 Å². The van der Waals surface area contributed by atoms with E-state index in [0.717, 1.165) is 43.5 Å². The number of nitrogens with zero attached hydrogens (tertiary/aromatic N) is 2. The SMILES string of the molecule is CCC1CCCN1C(=O)N1CCc2cc(C(=O)O)ccc21. The Labute approximate surface area is 124 Å². The number of carboxylic acid groups (broad SMARTS) is 1. The summed E-state index contributed by atoms with van der Waals surface area (Å²) in [6, 6.07) is 5.45. The fourth-order valence-electron chi connectivity index (χ4n) is 3.40. The summed E-state index contributed by atoms with van der Waals surface area (Å²) in [6.45, 7) is 3.59. The molecule has 2 amide bonds. The quantitative estimate of drug-likeness (QED) is 0.910. The number of rotatable bonds is 2. The van der Waals surface area contributed by atoms with Gasteiger partial charge in [-0.2, -0.15) is 0 Å².